The first-order chi connectivity index (χ1) is 9.11. The van der Waals surface area contributed by atoms with E-state index in [0.29, 0.717) is 16.3 Å². The summed E-state index contributed by atoms with van der Waals surface area (Å²) in [6.07, 6.45) is 0. The molecule has 0 aliphatic heterocycles. The third kappa shape index (κ3) is 1.01. The first kappa shape index (κ1) is 10.4. The van der Waals surface area contributed by atoms with Crippen LogP contribution >= 0.6 is 0 Å². The zero-order valence-corrected chi connectivity index (χ0v) is 10.5. The van der Waals surface area contributed by atoms with Crippen molar-refractivity contribution in [3.8, 4) is 0 Å². The molecule has 5 nitrogen and oxygen atoms in total. The van der Waals surface area contributed by atoms with Crippen molar-refractivity contribution < 1.29 is 0 Å². The Morgan fingerprint density at radius 1 is 0.789 bits per heavy atom. The molecule has 0 aliphatic carbocycles. The number of rotatable bonds is 0. The van der Waals surface area contributed by atoms with Crippen molar-refractivity contribution in [2.24, 2.45) is 14.1 Å². The highest BCUT2D eigenvalue weighted by molar-refractivity contribution is 5.97. The summed E-state index contributed by atoms with van der Waals surface area (Å²) in [5.41, 5.74) is 2.14. The molecular formula is C14H11N3O2. The van der Waals surface area contributed by atoms with Crippen LogP contribution in [0.2, 0.25) is 0 Å². The van der Waals surface area contributed by atoms with E-state index >= 15 is 0 Å². The lowest BCUT2D eigenvalue weighted by Crippen LogP contribution is -2.25. The molecule has 1 aromatic carbocycles. The van der Waals surface area contributed by atoms with Gasteiger partial charge >= 0.3 is 0 Å². The van der Waals surface area contributed by atoms with Crippen LogP contribution in [0.5, 0.6) is 0 Å². The molecule has 5 heteroatoms. The van der Waals surface area contributed by atoms with Crippen molar-refractivity contribution in [1.82, 2.24) is 13.5 Å². The third-order valence-corrected chi connectivity index (χ3v) is 3.86. The molecular weight excluding hydrogens is 242 g/mol. The van der Waals surface area contributed by atoms with Crippen molar-refractivity contribution in [2.75, 3.05) is 0 Å². The predicted octanol–water partition coefficient (Wildman–Crippen LogP) is 1.08. The molecule has 4 aromatic rings. The standard InChI is InChI=1S/C14H11N3O2/c1-15-10-6-7-11-16(2)14(19)9-5-3-4-8(13(15)18)12(9)17(10)11/h3-7H,1-2H3. The molecule has 0 bridgehead atoms. The molecule has 19 heavy (non-hydrogen) atoms. The van der Waals surface area contributed by atoms with Gasteiger partial charge in [-0.05, 0) is 24.3 Å². The lowest BCUT2D eigenvalue weighted by Gasteiger charge is -2.13. The van der Waals surface area contributed by atoms with E-state index in [-0.39, 0.29) is 11.1 Å². The molecule has 0 unspecified atom stereocenters. The Hall–Kier alpha value is -2.56. The van der Waals surface area contributed by atoms with Gasteiger partial charge in [0.05, 0.1) is 16.3 Å². The molecule has 0 saturated heterocycles. The van der Waals surface area contributed by atoms with Crippen molar-refractivity contribution in [3.05, 3.63) is 51.0 Å². The number of hydrogen-bond acceptors (Lipinski definition) is 2. The van der Waals surface area contributed by atoms with Gasteiger partial charge in [-0.25, -0.2) is 0 Å². The number of hydrogen-bond donors (Lipinski definition) is 0. The summed E-state index contributed by atoms with van der Waals surface area (Å²) in [7, 11) is 3.49. The predicted molar refractivity (Wildman–Crippen MR) is 74.1 cm³/mol. The maximum absolute atomic E-state index is 12.3. The minimum atomic E-state index is -0.0775. The van der Waals surface area contributed by atoms with E-state index in [1.807, 2.05) is 16.5 Å². The zero-order chi connectivity index (χ0) is 13.3. The Bertz CT molecular complexity index is 986. The summed E-state index contributed by atoms with van der Waals surface area (Å²) >= 11 is 0. The van der Waals surface area contributed by atoms with E-state index in [1.165, 1.54) is 0 Å². The SMILES string of the molecule is Cn1c(=O)c2cccc3c(=O)n(C)c4ccc1n4c23. The van der Waals surface area contributed by atoms with Crippen LogP contribution < -0.4 is 11.1 Å². The summed E-state index contributed by atoms with van der Waals surface area (Å²) < 4.78 is 5.19. The maximum Gasteiger partial charge on any atom is 0.261 e. The molecule has 0 amide bonds. The Labute approximate surface area is 107 Å². The Morgan fingerprint density at radius 3 is 1.74 bits per heavy atom. The normalized spacial score (nSPS) is 12.1. The summed E-state index contributed by atoms with van der Waals surface area (Å²) in [5, 5.41) is 1.15. The first-order valence-electron chi connectivity index (χ1n) is 6.02. The van der Waals surface area contributed by atoms with Crippen LogP contribution in [0.1, 0.15) is 0 Å². The summed E-state index contributed by atoms with van der Waals surface area (Å²) in [5.74, 6) is 0. The summed E-state index contributed by atoms with van der Waals surface area (Å²) in [6, 6.07) is 9.02. The number of benzene rings is 1. The van der Waals surface area contributed by atoms with E-state index in [2.05, 4.69) is 0 Å². The van der Waals surface area contributed by atoms with Gasteiger partial charge in [0.1, 0.15) is 11.3 Å². The van der Waals surface area contributed by atoms with Crippen LogP contribution in [-0.2, 0) is 14.1 Å². The largest absolute Gasteiger partial charge is 0.297 e. The lowest BCUT2D eigenvalue weighted by molar-refractivity contribution is 0.852. The summed E-state index contributed by atoms with van der Waals surface area (Å²) in [6.45, 7) is 0. The Kier molecular flexibility index (Phi) is 1.67. The Morgan fingerprint density at radius 2 is 1.26 bits per heavy atom. The highest BCUT2D eigenvalue weighted by Gasteiger charge is 2.16. The van der Waals surface area contributed by atoms with Crippen LogP contribution in [0.4, 0.5) is 0 Å². The summed E-state index contributed by atoms with van der Waals surface area (Å²) in [4.78, 5) is 24.7. The lowest BCUT2D eigenvalue weighted by atomic mass is 10.1. The van der Waals surface area contributed by atoms with Crippen LogP contribution in [0.25, 0.3) is 27.6 Å². The number of nitrogens with zero attached hydrogens (tertiary/aromatic N) is 3. The van der Waals surface area contributed by atoms with Gasteiger partial charge in [-0.1, -0.05) is 6.07 Å². The highest BCUT2D eigenvalue weighted by Crippen LogP contribution is 2.21. The number of para-hydroxylation sites is 1. The smallest absolute Gasteiger partial charge is 0.261 e. The minimum Gasteiger partial charge on any atom is -0.297 e. The number of aromatic nitrogens is 3. The topological polar surface area (TPSA) is 48.4 Å². The first-order valence-corrected chi connectivity index (χ1v) is 6.02. The van der Waals surface area contributed by atoms with Gasteiger partial charge in [0.15, 0.2) is 0 Å². The van der Waals surface area contributed by atoms with Crippen LogP contribution in [0.15, 0.2) is 39.9 Å². The van der Waals surface area contributed by atoms with Gasteiger partial charge in [-0.2, -0.15) is 0 Å². The van der Waals surface area contributed by atoms with E-state index < -0.39 is 0 Å². The van der Waals surface area contributed by atoms with Gasteiger partial charge in [-0.3, -0.25) is 23.1 Å². The molecule has 0 fully saturated rings. The van der Waals surface area contributed by atoms with Crippen LogP contribution in [-0.4, -0.2) is 13.5 Å². The second kappa shape index (κ2) is 3.06. The van der Waals surface area contributed by atoms with E-state index in [9.17, 15) is 9.59 Å². The molecule has 0 saturated carbocycles. The van der Waals surface area contributed by atoms with Gasteiger partial charge in [0, 0.05) is 14.1 Å². The van der Waals surface area contributed by atoms with E-state index in [4.69, 9.17) is 0 Å². The average molecular weight is 253 g/mol. The molecule has 3 heterocycles. The van der Waals surface area contributed by atoms with E-state index in [1.54, 1.807) is 41.4 Å². The molecule has 4 rings (SSSR count). The molecule has 3 aromatic heterocycles. The van der Waals surface area contributed by atoms with Crippen LogP contribution in [0.3, 0.4) is 0 Å². The van der Waals surface area contributed by atoms with Crippen molar-refractivity contribution in [2.45, 2.75) is 0 Å². The molecule has 0 aliphatic rings. The van der Waals surface area contributed by atoms with Crippen molar-refractivity contribution in [3.63, 3.8) is 0 Å². The van der Waals surface area contributed by atoms with Gasteiger partial charge in [0.25, 0.3) is 11.1 Å². The fourth-order valence-electron chi connectivity index (χ4n) is 2.87. The second-order valence-electron chi connectivity index (χ2n) is 4.82. The van der Waals surface area contributed by atoms with Gasteiger partial charge in [-0.15, -0.1) is 0 Å². The van der Waals surface area contributed by atoms with Crippen LogP contribution in [0, 0.1) is 0 Å². The average Bonchev–Trinajstić information content (AvgIpc) is 2.86. The molecule has 94 valence electrons. The minimum absolute atomic E-state index is 0.0775. The fourth-order valence-corrected chi connectivity index (χ4v) is 2.87. The van der Waals surface area contributed by atoms with E-state index in [0.717, 1.165) is 11.3 Å². The number of aryl methyl sites for hydroxylation is 2. The van der Waals surface area contributed by atoms with Gasteiger partial charge in [0.2, 0.25) is 0 Å². The Balaban J connectivity index is 2.62. The fraction of sp³-hybridized carbons (Fsp3) is 0.143. The molecule has 0 spiro atoms. The second-order valence-corrected chi connectivity index (χ2v) is 4.82. The quantitative estimate of drug-likeness (QED) is 0.471. The third-order valence-electron chi connectivity index (χ3n) is 3.86. The monoisotopic (exact) mass is 253 g/mol. The van der Waals surface area contributed by atoms with Crippen molar-refractivity contribution >= 4 is 27.6 Å². The van der Waals surface area contributed by atoms with Gasteiger partial charge < -0.3 is 0 Å². The molecule has 0 N–H and O–H groups in total. The van der Waals surface area contributed by atoms with Crippen molar-refractivity contribution in [1.29, 1.82) is 0 Å². The highest BCUT2D eigenvalue weighted by atomic mass is 16.1. The molecule has 0 radical (unpaired) electrons. The maximum atomic E-state index is 12.3. The molecule has 0 atom stereocenters. The zero-order valence-electron chi connectivity index (χ0n) is 10.5.